The fourth-order valence-corrected chi connectivity index (χ4v) is 4.25. The maximum absolute atomic E-state index is 13.6. The van der Waals surface area contributed by atoms with Crippen LogP contribution in [0, 0.1) is 11.8 Å². The molecular weight excluding hydrogens is 506 g/mol. The number of hydrogen-bond acceptors (Lipinski definition) is 9. The monoisotopic (exact) mass is 541 g/mol. The van der Waals surface area contributed by atoms with Crippen LogP contribution in [-0.2, 0) is 25.5 Å². The summed E-state index contributed by atoms with van der Waals surface area (Å²) in [6, 6.07) is 2.89. The van der Waals surface area contributed by atoms with Crippen LogP contribution in [0.5, 0.6) is 5.75 Å². The molecule has 0 bridgehead atoms. The van der Waals surface area contributed by atoms with Gasteiger partial charge in [0.15, 0.2) is 11.8 Å². The first-order valence-corrected chi connectivity index (χ1v) is 12.9. The summed E-state index contributed by atoms with van der Waals surface area (Å²) >= 11 is 0. The third-order valence-corrected chi connectivity index (χ3v) is 6.91. The number of nitrogens with one attached hydrogen (secondary N) is 3. The number of aliphatic hydroxyl groups excluding tert-OH is 1. The zero-order valence-electron chi connectivity index (χ0n) is 22.3. The highest BCUT2D eigenvalue weighted by Crippen LogP contribution is 2.20. The number of cyclic esters (lactones) is 1. The van der Waals surface area contributed by atoms with E-state index in [2.05, 4.69) is 25.9 Å². The van der Waals surface area contributed by atoms with Gasteiger partial charge in [-0.2, -0.15) is 0 Å². The number of hydrogen-bond donors (Lipinski definition) is 5. The van der Waals surface area contributed by atoms with Crippen LogP contribution in [0.15, 0.2) is 42.9 Å². The maximum Gasteiger partial charge on any atom is 0.312 e. The van der Waals surface area contributed by atoms with E-state index in [1.54, 1.807) is 31.5 Å². The number of aromatic hydroxyl groups is 1. The van der Waals surface area contributed by atoms with E-state index < -0.39 is 59.9 Å². The van der Waals surface area contributed by atoms with Gasteiger partial charge in [-0.15, -0.1) is 0 Å². The Morgan fingerprint density at radius 2 is 1.85 bits per heavy atom. The number of esters is 1. The molecule has 1 aliphatic heterocycles. The summed E-state index contributed by atoms with van der Waals surface area (Å²) < 4.78 is 5.58. The van der Waals surface area contributed by atoms with E-state index >= 15 is 0 Å². The first-order chi connectivity index (χ1) is 18.5. The second-order valence-corrected chi connectivity index (χ2v) is 9.82. The van der Waals surface area contributed by atoms with Gasteiger partial charge in [0.1, 0.15) is 11.8 Å². The fourth-order valence-electron chi connectivity index (χ4n) is 4.25. The summed E-state index contributed by atoms with van der Waals surface area (Å²) in [5.41, 5.74) is 0.384. The van der Waals surface area contributed by atoms with Crippen molar-refractivity contribution in [3.63, 3.8) is 0 Å². The summed E-state index contributed by atoms with van der Waals surface area (Å²) in [7, 11) is 0. The quantitative estimate of drug-likeness (QED) is 0.325. The van der Waals surface area contributed by atoms with Gasteiger partial charge in [-0.05, 0) is 50.5 Å². The van der Waals surface area contributed by atoms with E-state index in [0.29, 0.717) is 12.0 Å². The smallest absolute Gasteiger partial charge is 0.312 e. The van der Waals surface area contributed by atoms with Gasteiger partial charge in [-0.25, -0.2) is 4.98 Å². The number of aromatic nitrogens is 2. The highest BCUT2D eigenvalue weighted by atomic mass is 16.5. The van der Waals surface area contributed by atoms with E-state index in [1.165, 1.54) is 32.2 Å². The molecular formula is C27H35N5O7. The van der Waals surface area contributed by atoms with Crippen molar-refractivity contribution < 1.29 is 34.1 Å². The summed E-state index contributed by atoms with van der Waals surface area (Å²) in [6.07, 6.45) is 2.52. The van der Waals surface area contributed by atoms with Crippen LogP contribution in [0.4, 0.5) is 0 Å². The fraction of sp³-hybridized carbons (Fsp3) is 0.481. The van der Waals surface area contributed by atoms with Gasteiger partial charge in [-0.1, -0.05) is 19.9 Å². The van der Waals surface area contributed by atoms with Gasteiger partial charge in [-0.3, -0.25) is 24.2 Å². The predicted octanol–water partition coefficient (Wildman–Crippen LogP) is 0.481. The average Bonchev–Trinajstić information content (AvgIpc) is 2.92. The van der Waals surface area contributed by atoms with E-state index in [1.807, 2.05) is 6.92 Å². The van der Waals surface area contributed by atoms with Crippen molar-refractivity contribution in [2.24, 2.45) is 11.8 Å². The third-order valence-electron chi connectivity index (χ3n) is 6.91. The van der Waals surface area contributed by atoms with Crippen molar-refractivity contribution in [1.29, 1.82) is 0 Å². The molecule has 0 aliphatic carbocycles. The van der Waals surface area contributed by atoms with Gasteiger partial charge in [0.05, 0.1) is 24.1 Å². The van der Waals surface area contributed by atoms with Crippen LogP contribution in [0.3, 0.4) is 0 Å². The van der Waals surface area contributed by atoms with Gasteiger partial charge in [0.2, 0.25) is 5.91 Å². The molecule has 3 rings (SSSR count). The number of amides is 3. The molecule has 12 nitrogen and oxygen atoms in total. The third kappa shape index (κ3) is 7.29. The Labute approximate surface area is 226 Å². The van der Waals surface area contributed by atoms with Crippen LogP contribution >= 0.6 is 0 Å². The predicted molar refractivity (Wildman–Crippen MR) is 139 cm³/mol. The molecule has 39 heavy (non-hydrogen) atoms. The highest BCUT2D eigenvalue weighted by Gasteiger charge is 2.40. The molecule has 0 saturated carbocycles. The molecule has 7 unspecified atom stereocenters. The highest BCUT2D eigenvalue weighted by molar-refractivity contribution is 5.98. The van der Waals surface area contributed by atoms with Crippen LogP contribution in [0.2, 0.25) is 0 Å². The molecule has 0 aromatic carbocycles. The Balaban J connectivity index is 2.00. The summed E-state index contributed by atoms with van der Waals surface area (Å²) in [4.78, 5) is 60.7. The van der Waals surface area contributed by atoms with Crippen molar-refractivity contribution in [3.05, 3.63) is 54.1 Å². The maximum atomic E-state index is 13.6. The number of carbonyl (C=O) groups is 4. The van der Waals surface area contributed by atoms with Crippen molar-refractivity contribution in [3.8, 4) is 5.75 Å². The molecule has 1 fully saturated rings. The molecule has 12 heteroatoms. The zero-order chi connectivity index (χ0) is 28.7. The number of ether oxygens (including phenoxy) is 1. The lowest BCUT2D eigenvalue weighted by molar-refractivity contribution is -0.167. The lowest BCUT2D eigenvalue weighted by Gasteiger charge is -2.34. The largest absolute Gasteiger partial charge is 0.505 e. The summed E-state index contributed by atoms with van der Waals surface area (Å²) in [5.74, 6) is -4.84. The van der Waals surface area contributed by atoms with E-state index in [9.17, 15) is 29.4 Å². The van der Waals surface area contributed by atoms with Gasteiger partial charge >= 0.3 is 5.97 Å². The normalized spacial score (nSPS) is 27.2. The Kier molecular flexibility index (Phi) is 9.94. The van der Waals surface area contributed by atoms with Crippen molar-refractivity contribution in [2.45, 2.75) is 70.9 Å². The SMILES string of the molecule is CCC(C)C1OC(=O)C(C)C(O)C(Cc2cccnc2)NC(=O)C(NC(=O)c2ncccc2O)C(C)NC1=O. The van der Waals surface area contributed by atoms with Gasteiger partial charge in [0, 0.05) is 24.5 Å². The molecule has 0 radical (unpaired) electrons. The molecule has 5 N–H and O–H groups in total. The zero-order valence-corrected chi connectivity index (χ0v) is 22.3. The first kappa shape index (κ1) is 29.5. The number of pyridine rings is 2. The molecule has 7 atom stereocenters. The van der Waals surface area contributed by atoms with Crippen LogP contribution in [-0.4, -0.2) is 74.2 Å². The molecule has 3 amide bonds. The van der Waals surface area contributed by atoms with E-state index in [4.69, 9.17) is 4.74 Å². The molecule has 0 spiro atoms. The van der Waals surface area contributed by atoms with Crippen molar-refractivity contribution in [2.75, 3.05) is 0 Å². The van der Waals surface area contributed by atoms with E-state index in [-0.39, 0.29) is 23.8 Å². The number of nitrogens with zero attached hydrogens (tertiary/aromatic N) is 2. The standard InChI is InChI=1S/C27H35N5O7/c1-5-14(2)23-26(37)30-16(4)20(32-25(36)21-19(33)9-7-11-29-21)24(35)31-18(12-17-8-6-10-28-13-17)22(34)15(3)27(38)39-23/h6-11,13-16,18,20,22-23,33-34H,5,12H2,1-4H3,(H,30,37)(H,31,35)(H,32,36). The molecule has 3 heterocycles. The Morgan fingerprint density at radius 3 is 2.49 bits per heavy atom. The Morgan fingerprint density at radius 1 is 1.13 bits per heavy atom. The minimum atomic E-state index is -1.40. The molecule has 1 aliphatic rings. The van der Waals surface area contributed by atoms with Crippen molar-refractivity contribution >= 4 is 23.7 Å². The lowest BCUT2D eigenvalue weighted by Crippen LogP contribution is -2.62. The lowest BCUT2D eigenvalue weighted by atomic mass is 9.92. The topological polar surface area (TPSA) is 180 Å². The Hall–Kier alpha value is -4.06. The minimum absolute atomic E-state index is 0.121. The van der Waals surface area contributed by atoms with Gasteiger partial charge in [0.25, 0.3) is 11.8 Å². The van der Waals surface area contributed by atoms with E-state index in [0.717, 1.165) is 0 Å². The minimum Gasteiger partial charge on any atom is -0.505 e. The van der Waals surface area contributed by atoms with Crippen LogP contribution in [0.25, 0.3) is 0 Å². The molecule has 210 valence electrons. The van der Waals surface area contributed by atoms with Crippen molar-refractivity contribution in [1.82, 2.24) is 25.9 Å². The first-order valence-electron chi connectivity index (χ1n) is 12.9. The Bertz CT molecular complexity index is 1180. The van der Waals surface area contributed by atoms with Gasteiger partial charge < -0.3 is 30.9 Å². The second-order valence-electron chi connectivity index (χ2n) is 9.82. The number of rotatable bonds is 6. The number of carbonyl (C=O) groups excluding carboxylic acids is 4. The molecule has 2 aromatic rings. The second kappa shape index (κ2) is 13.1. The summed E-state index contributed by atoms with van der Waals surface area (Å²) in [6.45, 7) is 6.55. The average molecular weight is 542 g/mol. The van der Waals surface area contributed by atoms with Crippen LogP contribution in [0.1, 0.15) is 50.2 Å². The van der Waals surface area contributed by atoms with Crippen LogP contribution < -0.4 is 16.0 Å². The number of aliphatic hydroxyl groups is 1. The summed E-state index contributed by atoms with van der Waals surface area (Å²) in [5, 5.41) is 29.2. The molecule has 2 aromatic heterocycles. The molecule has 1 saturated heterocycles.